The predicted octanol–water partition coefficient (Wildman–Crippen LogP) is 2.03. The van der Waals surface area contributed by atoms with E-state index in [9.17, 15) is 9.59 Å². The summed E-state index contributed by atoms with van der Waals surface area (Å²) in [5.41, 5.74) is 5.81. The minimum Gasteiger partial charge on any atom is -0.490 e. The first-order valence-corrected chi connectivity index (χ1v) is 8.72. The third-order valence-electron chi connectivity index (χ3n) is 4.26. The number of fused-ring (bicyclic) bond motifs is 1. The second kappa shape index (κ2) is 7.59. The molecule has 1 aromatic heterocycles. The van der Waals surface area contributed by atoms with Gasteiger partial charge in [0.2, 0.25) is 11.8 Å². The number of amides is 2. The minimum atomic E-state index is -0.546. The first-order chi connectivity index (χ1) is 12.4. The molecule has 1 unspecified atom stereocenters. The average Bonchev–Trinajstić information content (AvgIpc) is 2.59. The summed E-state index contributed by atoms with van der Waals surface area (Å²) in [7, 11) is 0. The van der Waals surface area contributed by atoms with Crippen molar-refractivity contribution in [1.82, 2.24) is 10.3 Å². The van der Waals surface area contributed by atoms with Crippen LogP contribution >= 0.6 is 0 Å². The third-order valence-corrected chi connectivity index (χ3v) is 4.26. The summed E-state index contributed by atoms with van der Waals surface area (Å²) in [6.45, 7) is 4.84. The number of hydrogen-bond acceptors (Lipinski definition) is 5. The van der Waals surface area contributed by atoms with Crippen LogP contribution in [0.25, 0.3) is 10.8 Å². The molecule has 1 aliphatic heterocycles. The van der Waals surface area contributed by atoms with Gasteiger partial charge in [0, 0.05) is 30.5 Å². The number of rotatable bonds is 6. The lowest BCUT2D eigenvalue weighted by molar-refractivity contribution is -0.123. The van der Waals surface area contributed by atoms with E-state index in [1.807, 2.05) is 13.8 Å². The standard InChI is InChI=1S/C19H23N3O4/c1-11(2)26-16-9-14-13(8-15(16)18(20)24)4-6-22-19(14)25-10-12-3-5-21-17(23)7-12/h4,6,8-9,11-12H,3,5,7,10H2,1-2H3,(H2,20,24)(H,21,23). The first kappa shape index (κ1) is 18.0. The molecular weight excluding hydrogens is 334 g/mol. The fourth-order valence-corrected chi connectivity index (χ4v) is 3.02. The summed E-state index contributed by atoms with van der Waals surface area (Å²) in [5, 5.41) is 4.35. The van der Waals surface area contributed by atoms with E-state index in [1.165, 1.54) is 0 Å². The summed E-state index contributed by atoms with van der Waals surface area (Å²) < 4.78 is 11.6. The van der Waals surface area contributed by atoms with Gasteiger partial charge in [-0.2, -0.15) is 0 Å². The zero-order valence-corrected chi connectivity index (χ0v) is 15.0. The molecule has 0 aliphatic carbocycles. The van der Waals surface area contributed by atoms with Crippen LogP contribution in [0.15, 0.2) is 24.4 Å². The second-order valence-corrected chi connectivity index (χ2v) is 6.74. The second-order valence-electron chi connectivity index (χ2n) is 6.74. The number of piperidine rings is 1. The zero-order valence-electron chi connectivity index (χ0n) is 15.0. The highest BCUT2D eigenvalue weighted by atomic mass is 16.5. The summed E-state index contributed by atoms with van der Waals surface area (Å²) >= 11 is 0. The monoisotopic (exact) mass is 357 g/mol. The van der Waals surface area contributed by atoms with Gasteiger partial charge in [0.15, 0.2) is 0 Å². The van der Waals surface area contributed by atoms with Crippen LogP contribution in [0, 0.1) is 5.92 Å². The Morgan fingerprint density at radius 3 is 2.92 bits per heavy atom. The normalized spacial score (nSPS) is 17.2. The lowest BCUT2D eigenvalue weighted by atomic mass is 9.99. The molecule has 2 amide bonds. The van der Waals surface area contributed by atoms with E-state index >= 15 is 0 Å². The van der Waals surface area contributed by atoms with Gasteiger partial charge in [-0.25, -0.2) is 4.98 Å². The summed E-state index contributed by atoms with van der Waals surface area (Å²) in [4.78, 5) is 27.6. The number of benzene rings is 1. The Kier molecular flexibility index (Phi) is 5.25. The van der Waals surface area contributed by atoms with Gasteiger partial charge in [0.1, 0.15) is 5.75 Å². The van der Waals surface area contributed by atoms with Crippen LogP contribution in [-0.2, 0) is 4.79 Å². The molecule has 26 heavy (non-hydrogen) atoms. The topological polar surface area (TPSA) is 104 Å². The van der Waals surface area contributed by atoms with E-state index < -0.39 is 5.91 Å². The molecule has 3 N–H and O–H groups in total. The van der Waals surface area contributed by atoms with Crippen LogP contribution in [-0.4, -0.2) is 36.1 Å². The number of carbonyl (C=O) groups excluding carboxylic acids is 2. The van der Waals surface area contributed by atoms with Gasteiger partial charge < -0.3 is 20.5 Å². The molecule has 1 atom stereocenters. The van der Waals surface area contributed by atoms with Gasteiger partial charge in [0.05, 0.1) is 18.3 Å². The van der Waals surface area contributed by atoms with Gasteiger partial charge in [-0.15, -0.1) is 0 Å². The molecule has 138 valence electrons. The quantitative estimate of drug-likeness (QED) is 0.823. The summed E-state index contributed by atoms with van der Waals surface area (Å²) in [5.74, 6) is 0.537. The van der Waals surface area contributed by atoms with E-state index in [2.05, 4.69) is 10.3 Å². The maximum absolute atomic E-state index is 11.8. The highest BCUT2D eigenvalue weighted by molar-refractivity contribution is 6.01. The minimum absolute atomic E-state index is 0.0504. The molecule has 1 fully saturated rings. The maximum atomic E-state index is 11.8. The Balaban J connectivity index is 1.90. The summed E-state index contributed by atoms with van der Waals surface area (Å²) in [6.07, 6.45) is 2.86. The maximum Gasteiger partial charge on any atom is 0.252 e. The van der Waals surface area contributed by atoms with Crippen LogP contribution in [0.1, 0.15) is 37.0 Å². The summed E-state index contributed by atoms with van der Waals surface area (Å²) in [6, 6.07) is 5.23. The number of aromatic nitrogens is 1. The lowest BCUT2D eigenvalue weighted by Crippen LogP contribution is -2.35. The smallest absolute Gasteiger partial charge is 0.252 e. The van der Waals surface area contributed by atoms with Gasteiger partial charge in [0.25, 0.3) is 5.91 Å². The molecule has 2 heterocycles. The fraction of sp³-hybridized carbons (Fsp3) is 0.421. The fourth-order valence-electron chi connectivity index (χ4n) is 3.02. The van der Waals surface area contributed by atoms with Crippen molar-refractivity contribution in [3.8, 4) is 11.6 Å². The van der Waals surface area contributed by atoms with Gasteiger partial charge in [-0.3, -0.25) is 9.59 Å². The Morgan fingerprint density at radius 2 is 2.23 bits per heavy atom. The van der Waals surface area contributed by atoms with Crippen molar-refractivity contribution in [2.24, 2.45) is 11.7 Å². The van der Waals surface area contributed by atoms with E-state index in [4.69, 9.17) is 15.2 Å². The SMILES string of the molecule is CC(C)Oc1cc2c(OCC3CCNC(=O)C3)nccc2cc1C(N)=O. The number of ether oxygens (including phenoxy) is 2. The van der Waals surface area contributed by atoms with Gasteiger partial charge >= 0.3 is 0 Å². The molecule has 0 bridgehead atoms. The molecule has 0 radical (unpaired) electrons. The predicted molar refractivity (Wildman–Crippen MR) is 97.3 cm³/mol. The molecule has 0 spiro atoms. The molecular formula is C19H23N3O4. The van der Waals surface area contributed by atoms with E-state index in [1.54, 1.807) is 24.4 Å². The molecule has 2 aromatic rings. The van der Waals surface area contributed by atoms with Gasteiger partial charge in [-0.05, 0) is 43.9 Å². The molecule has 1 aliphatic rings. The Hall–Kier alpha value is -2.83. The van der Waals surface area contributed by atoms with Crippen molar-refractivity contribution in [2.75, 3.05) is 13.2 Å². The van der Waals surface area contributed by atoms with Crippen LogP contribution in [0.3, 0.4) is 0 Å². The van der Waals surface area contributed by atoms with Gasteiger partial charge in [-0.1, -0.05) is 0 Å². The first-order valence-electron chi connectivity index (χ1n) is 8.72. The number of carbonyl (C=O) groups is 2. The van der Waals surface area contributed by atoms with Crippen LogP contribution in [0.5, 0.6) is 11.6 Å². The number of pyridine rings is 1. The lowest BCUT2D eigenvalue weighted by Gasteiger charge is -2.22. The van der Waals surface area contributed by atoms with Crippen molar-refractivity contribution in [3.05, 3.63) is 30.0 Å². The number of nitrogens with two attached hydrogens (primary N) is 1. The highest BCUT2D eigenvalue weighted by Crippen LogP contribution is 2.31. The Bertz CT molecular complexity index is 835. The highest BCUT2D eigenvalue weighted by Gasteiger charge is 2.21. The molecule has 7 heteroatoms. The van der Waals surface area contributed by atoms with E-state index in [0.29, 0.717) is 36.8 Å². The van der Waals surface area contributed by atoms with E-state index in [-0.39, 0.29) is 17.9 Å². The number of nitrogens with zero attached hydrogens (tertiary/aromatic N) is 1. The molecule has 0 saturated carbocycles. The van der Waals surface area contributed by atoms with Crippen molar-refractivity contribution < 1.29 is 19.1 Å². The van der Waals surface area contributed by atoms with Crippen LogP contribution in [0.4, 0.5) is 0 Å². The van der Waals surface area contributed by atoms with E-state index in [0.717, 1.165) is 17.2 Å². The number of hydrogen-bond donors (Lipinski definition) is 2. The average molecular weight is 357 g/mol. The number of nitrogens with one attached hydrogen (secondary N) is 1. The zero-order chi connectivity index (χ0) is 18.7. The largest absolute Gasteiger partial charge is 0.490 e. The molecule has 1 saturated heterocycles. The van der Waals surface area contributed by atoms with Crippen molar-refractivity contribution >= 4 is 22.6 Å². The Labute approximate surface area is 151 Å². The Morgan fingerprint density at radius 1 is 1.42 bits per heavy atom. The molecule has 7 nitrogen and oxygen atoms in total. The van der Waals surface area contributed by atoms with Crippen LogP contribution in [0.2, 0.25) is 0 Å². The molecule has 3 rings (SSSR count). The van der Waals surface area contributed by atoms with Crippen molar-refractivity contribution in [2.45, 2.75) is 32.8 Å². The molecule has 1 aromatic carbocycles. The van der Waals surface area contributed by atoms with Crippen molar-refractivity contribution in [3.63, 3.8) is 0 Å². The third kappa shape index (κ3) is 4.04. The number of primary amides is 1. The van der Waals surface area contributed by atoms with Crippen LogP contribution < -0.4 is 20.5 Å². The van der Waals surface area contributed by atoms with Crippen molar-refractivity contribution in [1.29, 1.82) is 0 Å².